The summed E-state index contributed by atoms with van der Waals surface area (Å²) in [7, 11) is 0. The Balaban J connectivity index is 2.27. The molecule has 2 rings (SSSR count). The summed E-state index contributed by atoms with van der Waals surface area (Å²) in [5, 5.41) is 0.421. The van der Waals surface area contributed by atoms with Crippen LogP contribution < -0.4 is 5.73 Å². The minimum atomic E-state index is -0.586. The van der Waals surface area contributed by atoms with Crippen molar-refractivity contribution >= 4 is 27.5 Å². The van der Waals surface area contributed by atoms with E-state index in [0.29, 0.717) is 22.6 Å². The predicted molar refractivity (Wildman–Crippen MR) is 76.1 cm³/mol. The molecule has 1 unspecified atom stereocenters. The zero-order valence-electron chi connectivity index (χ0n) is 9.84. The van der Waals surface area contributed by atoms with Crippen LogP contribution in [-0.4, -0.2) is 0 Å². The zero-order chi connectivity index (χ0) is 14.0. The first-order valence-electron chi connectivity index (χ1n) is 5.62. The van der Waals surface area contributed by atoms with E-state index in [1.165, 1.54) is 30.3 Å². The highest BCUT2D eigenvalue weighted by molar-refractivity contribution is 9.10. The number of benzene rings is 2. The van der Waals surface area contributed by atoms with Gasteiger partial charge in [-0.25, -0.2) is 8.78 Å². The SMILES string of the molecule is NC(Cc1cc(F)ccc1Br)c1cc(Cl)ccc1F. The Bertz CT molecular complexity index is 604. The van der Waals surface area contributed by atoms with Crippen molar-refractivity contribution in [2.75, 3.05) is 0 Å². The lowest BCUT2D eigenvalue weighted by atomic mass is 9.99. The molecule has 19 heavy (non-hydrogen) atoms. The molecule has 2 N–H and O–H groups in total. The highest BCUT2D eigenvalue weighted by Gasteiger charge is 2.14. The van der Waals surface area contributed by atoms with Gasteiger partial charge in [-0.15, -0.1) is 0 Å². The number of hydrogen-bond donors (Lipinski definition) is 1. The van der Waals surface area contributed by atoms with Gasteiger partial charge < -0.3 is 5.73 Å². The van der Waals surface area contributed by atoms with Gasteiger partial charge in [0.1, 0.15) is 11.6 Å². The highest BCUT2D eigenvalue weighted by Crippen LogP contribution is 2.26. The van der Waals surface area contributed by atoms with Crippen LogP contribution >= 0.6 is 27.5 Å². The van der Waals surface area contributed by atoms with Crippen LogP contribution in [0, 0.1) is 11.6 Å². The fourth-order valence-electron chi connectivity index (χ4n) is 1.85. The highest BCUT2D eigenvalue weighted by atomic mass is 79.9. The van der Waals surface area contributed by atoms with E-state index in [9.17, 15) is 8.78 Å². The van der Waals surface area contributed by atoms with Crippen LogP contribution in [0.4, 0.5) is 8.78 Å². The normalized spacial score (nSPS) is 12.5. The van der Waals surface area contributed by atoms with E-state index in [-0.39, 0.29) is 5.82 Å². The van der Waals surface area contributed by atoms with Crippen LogP contribution in [-0.2, 0) is 6.42 Å². The molecular weight excluding hydrogens is 336 g/mol. The van der Waals surface area contributed by atoms with E-state index in [1.807, 2.05) is 0 Å². The summed E-state index contributed by atoms with van der Waals surface area (Å²) in [6.45, 7) is 0. The van der Waals surface area contributed by atoms with Gasteiger partial charge >= 0.3 is 0 Å². The maximum atomic E-state index is 13.7. The third-order valence-electron chi connectivity index (χ3n) is 2.81. The predicted octanol–water partition coefficient (Wildman–Crippen LogP) is 4.62. The molecule has 0 heterocycles. The number of nitrogens with two attached hydrogens (primary N) is 1. The van der Waals surface area contributed by atoms with Gasteiger partial charge in [0.05, 0.1) is 0 Å². The Morgan fingerprint density at radius 1 is 1.16 bits per heavy atom. The monoisotopic (exact) mass is 345 g/mol. The lowest BCUT2D eigenvalue weighted by Crippen LogP contribution is -2.15. The second kappa shape index (κ2) is 5.99. The van der Waals surface area contributed by atoms with Crippen molar-refractivity contribution in [1.82, 2.24) is 0 Å². The minimum absolute atomic E-state index is 0.315. The molecule has 0 aliphatic rings. The van der Waals surface area contributed by atoms with Crippen LogP contribution in [0.15, 0.2) is 40.9 Å². The Hall–Kier alpha value is -0.970. The Labute approximate surface area is 123 Å². The fraction of sp³-hybridized carbons (Fsp3) is 0.143. The second-order valence-corrected chi connectivity index (χ2v) is 5.50. The molecule has 1 atom stereocenters. The summed E-state index contributed by atoms with van der Waals surface area (Å²) in [6, 6.07) is 7.98. The van der Waals surface area contributed by atoms with Crippen molar-refractivity contribution in [3.05, 3.63) is 68.7 Å². The van der Waals surface area contributed by atoms with Gasteiger partial charge in [-0.3, -0.25) is 0 Å². The molecule has 0 saturated carbocycles. The van der Waals surface area contributed by atoms with Crippen LogP contribution in [0.5, 0.6) is 0 Å². The van der Waals surface area contributed by atoms with Crippen LogP contribution in [0.1, 0.15) is 17.2 Å². The molecule has 0 saturated heterocycles. The lowest BCUT2D eigenvalue weighted by molar-refractivity contribution is 0.578. The molecule has 0 bridgehead atoms. The molecule has 0 spiro atoms. The molecular formula is C14H11BrClF2N. The van der Waals surface area contributed by atoms with Crippen molar-refractivity contribution in [3.63, 3.8) is 0 Å². The topological polar surface area (TPSA) is 26.0 Å². The molecule has 100 valence electrons. The van der Waals surface area contributed by atoms with Crippen molar-refractivity contribution in [2.45, 2.75) is 12.5 Å². The molecule has 0 fully saturated rings. The van der Waals surface area contributed by atoms with Crippen LogP contribution in [0.3, 0.4) is 0 Å². The fourth-order valence-corrected chi connectivity index (χ4v) is 2.43. The Morgan fingerprint density at radius 3 is 2.63 bits per heavy atom. The molecule has 0 aliphatic heterocycles. The third-order valence-corrected chi connectivity index (χ3v) is 3.81. The molecule has 5 heteroatoms. The van der Waals surface area contributed by atoms with Gasteiger partial charge in [-0.2, -0.15) is 0 Å². The van der Waals surface area contributed by atoms with E-state index in [0.717, 1.165) is 4.47 Å². The molecule has 0 aliphatic carbocycles. The summed E-state index contributed by atoms with van der Waals surface area (Å²) in [6.07, 6.45) is 0.315. The van der Waals surface area contributed by atoms with Crippen LogP contribution in [0.2, 0.25) is 5.02 Å². The molecule has 0 aromatic heterocycles. The Morgan fingerprint density at radius 2 is 1.89 bits per heavy atom. The zero-order valence-corrected chi connectivity index (χ0v) is 12.2. The summed E-state index contributed by atoms with van der Waals surface area (Å²) in [5.41, 5.74) is 6.98. The first kappa shape index (κ1) is 14.4. The summed E-state index contributed by atoms with van der Waals surface area (Å²) in [5.74, 6) is -0.763. The standard InChI is InChI=1S/C14H11BrClF2N/c15-12-3-2-10(17)5-8(12)6-14(19)11-7-9(16)1-4-13(11)18/h1-5,7,14H,6,19H2. The number of hydrogen-bond acceptors (Lipinski definition) is 1. The van der Waals surface area contributed by atoms with Gasteiger partial charge in [0, 0.05) is 21.1 Å². The summed E-state index contributed by atoms with van der Waals surface area (Å²) >= 11 is 9.15. The van der Waals surface area contributed by atoms with Crippen molar-refractivity contribution < 1.29 is 8.78 Å². The Kier molecular flexibility index (Phi) is 4.55. The van der Waals surface area contributed by atoms with Crippen molar-refractivity contribution in [2.24, 2.45) is 5.73 Å². The maximum absolute atomic E-state index is 13.7. The van der Waals surface area contributed by atoms with E-state index in [4.69, 9.17) is 17.3 Å². The van der Waals surface area contributed by atoms with Gasteiger partial charge in [0.15, 0.2) is 0 Å². The third kappa shape index (κ3) is 3.53. The molecule has 0 amide bonds. The molecule has 2 aromatic rings. The number of rotatable bonds is 3. The maximum Gasteiger partial charge on any atom is 0.128 e. The largest absolute Gasteiger partial charge is 0.324 e. The molecule has 2 aromatic carbocycles. The lowest BCUT2D eigenvalue weighted by Gasteiger charge is -2.14. The smallest absolute Gasteiger partial charge is 0.128 e. The minimum Gasteiger partial charge on any atom is -0.324 e. The molecule has 0 radical (unpaired) electrons. The van der Waals surface area contributed by atoms with E-state index in [1.54, 1.807) is 6.07 Å². The van der Waals surface area contributed by atoms with Gasteiger partial charge in [0.2, 0.25) is 0 Å². The van der Waals surface area contributed by atoms with E-state index >= 15 is 0 Å². The quantitative estimate of drug-likeness (QED) is 0.862. The van der Waals surface area contributed by atoms with Gasteiger partial charge in [-0.05, 0) is 48.4 Å². The van der Waals surface area contributed by atoms with Gasteiger partial charge in [-0.1, -0.05) is 27.5 Å². The summed E-state index contributed by atoms with van der Waals surface area (Å²) in [4.78, 5) is 0. The first-order chi connectivity index (χ1) is 8.97. The molecule has 1 nitrogen and oxygen atoms in total. The first-order valence-corrected chi connectivity index (χ1v) is 6.79. The second-order valence-electron chi connectivity index (χ2n) is 4.21. The van der Waals surface area contributed by atoms with E-state index < -0.39 is 11.9 Å². The summed E-state index contributed by atoms with van der Waals surface area (Å²) < 4.78 is 27.6. The van der Waals surface area contributed by atoms with Gasteiger partial charge in [0.25, 0.3) is 0 Å². The number of halogens is 4. The average Bonchev–Trinajstić information content (AvgIpc) is 2.36. The van der Waals surface area contributed by atoms with Crippen molar-refractivity contribution in [3.8, 4) is 0 Å². The van der Waals surface area contributed by atoms with E-state index in [2.05, 4.69) is 15.9 Å². The van der Waals surface area contributed by atoms with Crippen LogP contribution in [0.25, 0.3) is 0 Å². The average molecular weight is 347 g/mol. The van der Waals surface area contributed by atoms with Crippen molar-refractivity contribution in [1.29, 1.82) is 0 Å².